The van der Waals surface area contributed by atoms with E-state index in [4.69, 9.17) is 26.2 Å². The molecular formula is C28H33ClNO6S+. The minimum atomic E-state index is -1.29. The summed E-state index contributed by atoms with van der Waals surface area (Å²) in [4.78, 5) is 12.8. The molecule has 1 heterocycles. The van der Waals surface area contributed by atoms with E-state index in [-0.39, 0.29) is 6.42 Å². The molecule has 3 aromatic rings. The summed E-state index contributed by atoms with van der Waals surface area (Å²) < 4.78 is 27.2. The Bertz CT molecular complexity index is 1110. The van der Waals surface area contributed by atoms with Crippen LogP contribution in [0.25, 0.3) is 0 Å². The molecule has 7 nitrogen and oxygen atoms in total. The summed E-state index contributed by atoms with van der Waals surface area (Å²) in [5.74, 6) is 1.57. The molecule has 0 bridgehead atoms. The standard InChI is InChI=1S/C21H24ClNO4.C7H8O2S/c22-16-5-7-19(8-6-16)27-20-11-9-18(10-12-20)26-15-17-3-1-13-23(17)14-2-4-21(24)25;1-9-10(8)7-5-3-2-4-6-7/h5-12,17H,1-4,13-15H2,(H,24,25);2-6H,1H3/p+1. The average molecular weight is 547 g/mol. The Morgan fingerprint density at radius 1 is 1.00 bits per heavy atom. The van der Waals surface area contributed by atoms with Gasteiger partial charge in [-0.1, -0.05) is 29.8 Å². The molecule has 3 unspecified atom stereocenters. The van der Waals surface area contributed by atoms with Gasteiger partial charge in [0.1, 0.15) is 29.9 Å². The van der Waals surface area contributed by atoms with Crippen LogP contribution in [0.4, 0.5) is 0 Å². The third-order valence-corrected chi connectivity index (χ3v) is 7.14. The number of quaternary nitrogens is 1. The average Bonchev–Trinajstić information content (AvgIpc) is 3.37. The number of aliphatic carboxylic acids is 1. The van der Waals surface area contributed by atoms with Crippen molar-refractivity contribution in [2.24, 2.45) is 0 Å². The molecule has 0 spiro atoms. The largest absolute Gasteiger partial charge is 0.487 e. The molecule has 4 rings (SSSR count). The molecule has 1 fully saturated rings. The van der Waals surface area contributed by atoms with Gasteiger partial charge in [0, 0.05) is 24.3 Å². The van der Waals surface area contributed by atoms with E-state index >= 15 is 0 Å². The quantitative estimate of drug-likeness (QED) is 0.360. The number of nitrogens with one attached hydrogen (secondary N) is 1. The minimum Gasteiger partial charge on any atom is -0.487 e. The second-order valence-electron chi connectivity index (χ2n) is 8.55. The number of hydrogen-bond acceptors (Lipinski definition) is 5. The number of hydrogen-bond donors (Lipinski definition) is 2. The van der Waals surface area contributed by atoms with E-state index in [0.717, 1.165) is 43.2 Å². The lowest BCUT2D eigenvalue weighted by Crippen LogP contribution is -3.14. The van der Waals surface area contributed by atoms with Gasteiger partial charge in [0.25, 0.3) is 0 Å². The number of rotatable bonds is 11. The second-order valence-corrected chi connectivity index (χ2v) is 10.3. The van der Waals surface area contributed by atoms with Gasteiger partial charge in [0.15, 0.2) is 11.1 Å². The first-order valence-corrected chi connectivity index (χ1v) is 13.6. The first kappa shape index (κ1) is 28.7. The van der Waals surface area contributed by atoms with Gasteiger partial charge in [-0.25, -0.2) is 4.21 Å². The summed E-state index contributed by atoms with van der Waals surface area (Å²) in [5.41, 5.74) is 0. The minimum absolute atomic E-state index is 0.242. The Balaban J connectivity index is 0.000000319. The van der Waals surface area contributed by atoms with E-state index in [1.54, 1.807) is 24.3 Å². The van der Waals surface area contributed by atoms with Crippen LogP contribution in [0.1, 0.15) is 25.7 Å². The molecule has 3 aromatic carbocycles. The van der Waals surface area contributed by atoms with Crippen LogP contribution >= 0.6 is 11.6 Å². The second kappa shape index (κ2) is 15.4. The number of benzene rings is 3. The molecule has 0 amide bonds. The highest BCUT2D eigenvalue weighted by Crippen LogP contribution is 2.25. The molecule has 9 heteroatoms. The number of likely N-dealkylation sites (tertiary alicyclic amines) is 1. The lowest BCUT2D eigenvalue weighted by atomic mass is 10.2. The molecule has 37 heavy (non-hydrogen) atoms. The van der Waals surface area contributed by atoms with Gasteiger partial charge in [-0.3, -0.25) is 8.98 Å². The summed E-state index contributed by atoms with van der Waals surface area (Å²) in [6, 6.07) is 24.3. The van der Waals surface area contributed by atoms with Crippen LogP contribution in [0.5, 0.6) is 17.2 Å². The third-order valence-electron chi connectivity index (χ3n) is 5.93. The topological polar surface area (TPSA) is 86.5 Å². The highest BCUT2D eigenvalue weighted by atomic mass is 35.5. The lowest BCUT2D eigenvalue weighted by molar-refractivity contribution is -0.912. The van der Waals surface area contributed by atoms with Crippen LogP contribution in [-0.4, -0.2) is 48.1 Å². The number of carbonyl (C=O) groups is 1. The molecular weight excluding hydrogens is 514 g/mol. The van der Waals surface area contributed by atoms with Gasteiger partial charge in [-0.05, 0) is 60.7 Å². The van der Waals surface area contributed by atoms with E-state index in [9.17, 15) is 9.00 Å². The van der Waals surface area contributed by atoms with Crippen molar-refractivity contribution in [3.05, 3.63) is 83.9 Å². The van der Waals surface area contributed by atoms with E-state index < -0.39 is 17.0 Å². The Morgan fingerprint density at radius 3 is 2.24 bits per heavy atom. The van der Waals surface area contributed by atoms with Crippen LogP contribution in [0.2, 0.25) is 5.02 Å². The van der Waals surface area contributed by atoms with Gasteiger partial charge in [0.2, 0.25) is 0 Å². The molecule has 3 atom stereocenters. The van der Waals surface area contributed by atoms with Crippen LogP contribution in [0.3, 0.4) is 0 Å². The normalized spacial score (nSPS) is 17.4. The Hall–Kier alpha value is -2.91. The van der Waals surface area contributed by atoms with Crippen molar-refractivity contribution < 1.29 is 32.7 Å². The Morgan fingerprint density at radius 2 is 1.62 bits per heavy atom. The SMILES string of the molecule is COS(=O)c1ccccc1.O=C(O)CCC[NH+]1CCCC1COc1ccc(Oc2ccc(Cl)cc2)cc1. The lowest BCUT2D eigenvalue weighted by Gasteiger charge is -2.21. The number of carboxylic acids is 1. The number of halogens is 1. The number of carboxylic acid groups (broad SMARTS) is 1. The molecule has 2 N–H and O–H groups in total. The molecule has 1 aliphatic rings. The highest BCUT2D eigenvalue weighted by Gasteiger charge is 2.28. The van der Waals surface area contributed by atoms with Crippen molar-refractivity contribution in [1.82, 2.24) is 0 Å². The maximum atomic E-state index is 10.9. The Kier molecular flexibility index (Phi) is 11.9. The fraction of sp³-hybridized carbons (Fsp3) is 0.321. The molecule has 0 aliphatic carbocycles. The molecule has 1 aliphatic heterocycles. The summed E-state index contributed by atoms with van der Waals surface area (Å²) in [6.45, 7) is 2.65. The molecule has 1 saturated heterocycles. The van der Waals surface area contributed by atoms with Crippen molar-refractivity contribution in [3.8, 4) is 17.2 Å². The van der Waals surface area contributed by atoms with Crippen LogP contribution in [0, 0.1) is 0 Å². The summed E-state index contributed by atoms with van der Waals surface area (Å²) in [5, 5.41) is 9.46. The van der Waals surface area contributed by atoms with E-state index in [2.05, 4.69) is 4.18 Å². The summed E-state index contributed by atoms with van der Waals surface area (Å²) in [7, 11) is 1.42. The zero-order valence-electron chi connectivity index (χ0n) is 20.8. The summed E-state index contributed by atoms with van der Waals surface area (Å²) in [6.07, 6.45) is 3.26. The zero-order chi connectivity index (χ0) is 26.5. The van der Waals surface area contributed by atoms with Crippen LogP contribution < -0.4 is 14.4 Å². The van der Waals surface area contributed by atoms with E-state index in [1.807, 2.05) is 54.6 Å². The maximum absolute atomic E-state index is 10.9. The predicted molar refractivity (Wildman–Crippen MR) is 144 cm³/mol. The van der Waals surface area contributed by atoms with Gasteiger partial charge in [-0.15, -0.1) is 0 Å². The van der Waals surface area contributed by atoms with Crippen molar-refractivity contribution in [2.45, 2.75) is 36.6 Å². The van der Waals surface area contributed by atoms with Gasteiger partial charge in [0.05, 0.1) is 31.5 Å². The molecule has 0 radical (unpaired) electrons. The van der Waals surface area contributed by atoms with E-state index in [0.29, 0.717) is 22.6 Å². The fourth-order valence-electron chi connectivity index (χ4n) is 4.05. The first-order chi connectivity index (χ1) is 17.9. The van der Waals surface area contributed by atoms with Crippen LogP contribution in [0.15, 0.2) is 83.8 Å². The summed E-state index contributed by atoms with van der Waals surface area (Å²) >= 11 is 4.59. The number of ether oxygens (including phenoxy) is 2. The van der Waals surface area contributed by atoms with Gasteiger partial charge >= 0.3 is 5.97 Å². The van der Waals surface area contributed by atoms with Crippen molar-refractivity contribution in [1.29, 1.82) is 0 Å². The van der Waals surface area contributed by atoms with Crippen molar-refractivity contribution >= 4 is 28.7 Å². The molecule has 0 saturated carbocycles. The van der Waals surface area contributed by atoms with Crippen LogP contribution in [-0.2, 0) is 20.1 Å². The smallest absolute Gasteiger partial charge is 0.303 e. The maximum Gasteiger partial charge on any atom is 0.303 e. The van der Waals surface area contributed by atoms with Crippen molar-refractivity contribution in [2.75, 3.05) is 26.8 Å². The Labute approximate surface area is 225 Å². The monoisotopic (exact) mass is 546 g/mol. The van der Waals surface area contributed by atoms with Gasteiger partial charge in [-0.2, -0.15) is 0 Å². The fourth-order valence-corrected chi connectivity index (χ4v) is 4.75. The van der Waals surface area contributed by atoms with E-state index in [1.165, 1.54) is 18.4 Å². The predicted octanol–water partition coefficient (Wildman–Crippen LogP) is 4.78. The van der Waals surface area contributed by atoms with Crippen molar-refractivity contribution in [3.63, 3.8) is 0 Å². The zero-order valence-corrected chi connectivity index (χ0v) is 22.4. The third kappa shape index (κ3) is 10.2. The highest BCUT2D eigenvalue weighted by molar-refractivity contribution is 7.80. The first-order valence-electron chi connectivity index (χ1n) is 12.2. The van der Waals surface area contributed by atoms with Gasteiger partial charge < -0.3 is 19.5 Å². The molecule has 198 valence electrons. The molecule has 0 aromatic heterocycles.